The molecule has 0 radical (unpaired) electrons. The van der Waals surface area contributed by atoms with E-state index in [-0.39, 0.29) is 11.9 Å². The fourth-order valence-electron chi connectivity index (χ4n) is 1.98. The Bertz CT molecular complexity index is 362. The molecular weight excluding hydrogens is 224 g/mol. The van der Waals surface area contributed by atoms with Crippen molar-refractivity contribution < 1.29 is 4.79 Å². The third-order valence-corrected chi connectivity index (χ3v) is 2.84. The first kappa shape index (κ1) is 14.7. The van der Waals surface area contributed by atoms with Crippen LogP contribution in [0.15, 0.2) is 30.3 Å². The monoisotopic (exact) mass is 248 g/mol. The molecule has 1 rings (SSSR count). The summed E-state index contributed by atoms with van der Waals surface area (Å²) in [5.41, 5.74) is 7.07. The molecule has 100 valence electrons. The minimum Gasteiger partial charge on any atom is -0.352 e. The molecule has 1 aromatic rings. The van der Waals surface area contributed by atoms with E-state index >= 15 is 0 Å². The Labute approximate surface area is 110 Å². The third-order valence-electron chi connectivity index (χ3n) is 2.84. The summed E-state index contributed by atoms with van der Waals surface area (Å²) < 4.78 is 0. The lowest BCUT2D eigenvalue weighted by molar-refractivity contribution is -0.123. The van der Waals surface area contributed by atoms with Crippen molar-refractivity contribution in [2.75, 3.05) is 0 Å². The number of amides is 1. The maximum Gasteiger partial charge on any atom is 0.237 e. The molecule has 0 saturated heterocycles. The van der Waals surface area contributed by atoms with E-state index in [2.05, 4.69) is 31.3 Å². The van der Waals surface area contributed by atoms with Crippen molar-refractivity contribution >= 4 is 5.91 Å². The average Bonchev–Trinajstić information content (AvgIpc) is 2.29. The van der Waals surface area contributed by atoms with Crippen LogP contribution in [-0.4, -0.2) is 18.0 Å². The number of hydrogen-bond donors (Lipinski definition) is 2. The van der Waals surface area contributed by atoms with Gasteiger partial charge in [0.1, 0.15) is 0 Å². The van der Waals surface area contributed by atoms with Gasteiger partial charge in [-0.25, -0.2) is 0 Å². The molecule has 0 bridgehead atoms. The second-order valence-corrected chi connectivity index (χ2v) is 5.34. The number of nitrogens with one attached hydrogen (secondary N) is 1. The topological polar surface area (TPSA) is 55.1 Å². The molecule has 0 heterocycles. The minimum atomic E-state index is -0.400. The molecule has 0 aromatic heterocycles. The van der Waals surface area contributed by atoms with Crippen LogP contribution in [0.2, 0.25) is 0 Å². The van der Waals surface area contributed by atoms with E-state index in [1.54, 1.807) is 0 Å². The van der Waals surface area contributed by atoms with E-state index in [1.165, 1.54) is 5.56 Å². The van der Waals surface area contributed by atoms with Crippen molar-refractivity contribution in [3.63, 3.8) is 0 Å². The van der Waals surface area contributed by atoms with Crippen molar-refractivity contribution in [1.82, 2.24) is 5.32 Å². The molecule has 0 fully saturated rings. The fraction of sp³-hybridized carbons (Fsp3) is 0.533. The van der Waals surface area contributed by atoms with Gasteiger partial charge in [0.05, 0.1) is 6.04 Å². The Morgan fingerprint density at radius 1 is 1.22 bits per heavy atom. The van der Waals surface area contributed by atoms with Crippen molar-refractivity contribution in [1.29, 1.82) is 0 Å². The Balaban J connectivity index is 2.40. The number of carbonyl (C=O) groups excluding carboxylic acids is 1. The summed E-state index contributed by atoms with van der Waals surface area (Å²) in [6.45, 7) is 6.15. The molecular formula is C15H24N2O. The van der Waals surface area contributed by atoms with Gasteiger partial charge in [-0.1, -0.05) is 44.2 Å². The van der Waals surface area contributed by atoms with Gasteiger partial charge in [0.25, 0.3) is 0 Å². The van der Waals surface area contributed by atoms with Gasteiger partial charge in [-0.3, -0.25) is 4.79 Å². The standard InChI is InChI=1S/C15H24N2O/c1-11(2)9-14(16)15(18)17-12(3)10-13-7-5-4-6-8-13/h4-8,11-12,14H,9-10,16H2,1-3H3,(H,17,18)/t12-,14-/m0/s1. The Kier molecular flexibility index (Phi) is 5.86. The van der Waals surface area contributed by atoms with Crippen LogP contribution in [0.1, 0.15) is 32.8 Å². The zero-order valence-electron chi connectivity index (χ0n) is 11.5. The van der Waals surface area contributed by atoms with Crippen LogP contribution in [0, 0.1) is 5.92 Å². The van der Waals surface area contributed by atoms with Crippen LogP contribution in [0.25, 0.3) is 0 Å². The van der Waals surface area contributed by atoms with Gasteiger partial charge >= 0.3 is 0 Å². The second-order valence-electron chi connectivity index (χ2n) is 5.34. The smallest absolute Gasteiger partial charge is 0.237 e. The van der Waals surface area contributed by atoms with E-state index in [0.717, 1.165) is 12.8 Å². The SMILES string of the molecule is CC(C)C[C@H](N)C(=O)N[C@@H](C)Cc1ccccc1. The third kappa shape index (κ3) is 5.32. The Morgan fingerprint density at radius 2 is 1.83 bits per heavy atom. The molecule has 18 heavy (non-hydrogen) atoms. The number of nitrogens with two attached hydrogens (primary N) is 1. The molecule has 3 N–H and O–H groups in total. The van der Waals surface area contributed by atoms with Gasteiger partial charge in [0, 0.05) is 6.04 Å². The van der Waals surface area contributed by atoms with Crippen LogP contribution >= 0.6 is 0 Å². The van der Waals surface area contributed by atoms with Crippen molar-refractivity contribution in [3.8, 4) is 0 Å². The first-order valence-electron chi connectivity index (χ1n) is 6.59. The Morgan fingerprint density at radius 3 is 2.39 bits per heavy atom. The fourth-order valence-corrected chi connectivity index (χ4v) is 1.98. The van der Waals surface area contributed by atoms with E-state index in [9.17, 15) is 4.79 Å². The van der Waals surface area contributed by atoms with Gasteiger partial charge in [0.15, 0.2) is 0 Å². The number of benzene rings is 1. The average molecular weight is 248 g/mol. The normalized spacial score (nSPS) is 14.3. The maximum absolute atomic E-state index is 11.8. The van der Waals surface area contributed by atoms with Gasteiger partial charge < -0.3 is 11.1 Å². The lowest BCUT2D eigenvalue weighted by atomic mass is 10.0. The first-order valence-corrected chi connectivity index (χ1v) is 6.59. The number of hydrogen-bond acceptors (Lipinski definition) is 2. The zero-order chi connectivity index (χ0) is 13.5. The van der Waals surface area contributed by atoms with Gasteiger partial charge in [-0.2, -0.15) is 0 Å². The van der Waals surface area contributed by atoms with Crippen LogP contribution < -0.4 is 11.1 Å². The van der Waals surface area contributed by atoms with Crippen molar-refractivity contribution in [3.05, 3.63) is 35.9 Å². The molecule has 3 nitrogen and oxygen atoms in total. The lowest BCUT2D eigenvalue weighted by Crippen LogP contribution is -2.45. The highest BCUT2D eigenvalue weighted by atomic mass is 16.2. The highest BCUT2D eigenvalue weighted by Gasteiger charge is 2.16. The lowest BCUT2D eigenvalue weighted by Gasteiger charge is -2.18. The zero-order valence-corrected chi connectivity index (χ0v) is 11.5. The largest absolute Gasteiger partial charge is 0.352 e. The molecule has 2 atom stereocenters. The summed E-state index contributed by atoms with van der Waals surface area (Å²) >= 11 is 0. The highest BCUT2D eigenvalue weighted by Crippen LogP contribution is 2.05. The quantitative estimate of drug-likeness (QED) is 0.810. The molecule has 0 saturated carbocycles. The molecule has 1 amide bonds. The summed E-state index contributed by atoms with van der Waals surface area (Å²) in [5.74, 6) is 0.391. The predicted molar refractivity (Wildman–Crippen MR) is 75.2 cm³/mol. The minimum absolute atomic E-state index is 0.0490. The molecule has 0 aliphatic rings. The molecule has 0 unspecified atom stereocenters. The summed E-state index contributed by atoms with van der Waals surface area (Å²) in [5, 5.41) is 2.97. The summed E-state index contributed by atoms with van der Waals surface area (Å²) in [7, 11) is 0. The molecule has 0 aliphatic heterocycles. The number of carbonyl (C=O) groups is 1. The van der Waals surface area contributed by atoms with Gasteiger partial charge in [-0.15, -0.1) is 0 Å². The Hall–Kier alpha value is -1.35. The summed E-state index contributed by atoms with van der Waals surface area (Å²) in [4.78, 5) is 11.8. The van der Waals surface area contributed by atoms with E-state index < -0.39 is 6.04 Å². The van der Waals surface area contributed by atoms with Gasteiger partial charge in [-0.05, 0) is 31.2 Å². The van der Waals surface area contributed by atoms with Crippen LogP contribution in [0.5, 0.6) is 0 Å². The van der Waals surface area contributed by atoms with Crippen molar-refractivity contribution in [2.45, 2.75) is 45.7 Å². The van der Waals surface area contributed by atoms with E-state index in [4.69, 9.17) is 5.73 Å². The second kappa shape index (κ2) is 7.17. The van der Waals surface area contributed by atoms with Crippen LogP contribution in [0.4, 0.5) is 0 Å². The molecule has 1 aromatic carbocycles. The molecule has 0 aliphatic carbocycles. The summed E-state index contributed by atoms with van der Waals surface area (Å²) in [6, 6.07) is 9.85. The molecule has 3 heteroatoms. The maximum atomic E-state index is 11.8. The van der Waals surface area contributed by atoms with Gasteiger partial charge in [0.2, 0.25) is 5.91 Å². The highest BCUT2D eigenvalue weighted by molar-refractivity contribution is 5.81. The van der Waals surface area contributed by atoms with E-state index in [1.807, 2.05) is 25.1 Å². The summed E-state index contributed by atoms with van der Waals surface area (Å²) in [6.07, 6.45) is 1.56. The van der Waals surface area contributed by atoms with Crippen LogP contribution in [0.3, 0.4) is 0 Å². The number of rotatable bonds is 6. The molecule has 0 spiro atoms. The van der Waals surface area contributed by atoms with E-state index in [0.29, 0.717) is 5.92 Å². The predicted octanol–water partition coefficient (Wildman–Crippen LogP) is 2.11. The van der Waals surface area contributed by atoms with Crippen LogP contribution in [-0.2, 0) is 11.2 Å². The van der Waals surface area contributed by atoms with Crippen molar-refractivity contribution in [2.24, 2.45) is 11.7 Å². The first-order chi connectivity index (χ1) is 8.49.